The van der Waals surface area contributed by atoms with Crippen molar-refractivity contribution in [3.8, 4) is 5.88 Å². The van der Waals surface area contributed by atoms with E-state index in [-0.39, 0.29) is 25.2 Å². The van der Waals surface area contributed by atoms with E-state index < -0.39 is 79.4 Å². The molecule has 0 saturated carbocycles. The van der Waals surface area contributed by atoms with Crippen molar-refractivity contribution in [1.29, 1.82) is 0 Å². The Morgan fingerprint density at radius 3 is 2.63 bits per heavy atom. The summed E-state index contributed by atoms with van der Waals surface area (Å²) < 4.78 is 47.8. The lowest BCUT2D eigenvalue weighted by Gasteiger charge is -2.32. The molecule has 0 bridgehead atoms. The quantitative estimate of drug-likeness (QED) is 0.324. The summed E-state index contributed by atoms with van der Waals surface area (Å²) in [6.45, 7) is 8.42. The van der Waals surface area contributed by atoms with Crippen molar-refractivity contribution in [2.24, 2.45) is 0 Å². The number of hydrogen-bond acceptors (Lipinski definition) is 14. The van der Waals surface area contributed by atoms with Crippen molar-refractivity contribution in [1.82, 2.24) is 9.55 Å². The fourth-order valence-electron chi connectivity index (χ4n) is 4.95. The molecule has 4 aliphatic heterocycles. The Kier molecular flexibility index (Phi) is 7.64. The molecule has 38 heavy (non-hydrogen) atoms. The van der Waals surface area contributed by atoms with Gasteiger partial charge in [0, 0.05) is 12.6 Å². The zero-order chi connectivity index (χ0) is 27.6. The molecule has 4 fully saturated rings. The standard InChI is InChI=1S/C22H33N2O12PS/c1-10-7-24(20(27)23-18(10)26)14-6-11(25)12(31-14)9-30-37(28,38)36-16-15(13-8-29-21(2,3)33-13)32-19-17(16)34-22(4,5)35-19/h7,11-17,19,25H,6,8-9H2,1-5H3,(H,28,38)(H,23,26,27)/p-1/t11-,12+,13+,14+,15+,16-,17+,19+,37?/m0/s1. The number of aromatic nitrogens is 2. The summed E-state index contributed by atoms with van der Waals surface area (Å²) in [4.78, 5) is 26.5. The van der Waals surface area contributed by atoms with Crippen LogP contribution in [0.25, 0.3) is 0 Å². The van der Waals surface area contributed by atoms with Gasteiger partial charge in [0.1, 0.15) is 37.3 Å². The van der Waals surface area contributed by atoms with E-state index in [4.69, 9.17) is 49.7 Å². The average Bonchev–Trinajstić information content (AvgIpc) is 3.51. The predicted octanol–water partition coefficient (Wildman–Crippen LogP) is -0.0798. The number of aliphatic hydroxyl groups excluding tert-OH is 1. The van der Waals surface area contributed by atoms with E-state index in [1.807, 2.05) is 0 Å². The minimum Gasteiger partial charge on any atom is -0.858 e. The van der Waals surface area contributed by atoms with Gasteiger partial charge in [-0.1, -0.05) is 0 Å². The lowest BCUT2D eigenvalue weighted by molar-refractivity contribution is -0.276. The van der Waals surface area contributed by atoms with E-state index in [9.17, 15) is 19.9 Å². The topological polar surface area (TPSA) is 172 Å². The van der Waals surface area contributed by atoms with Gasteiger partial charge < -0.3 is 50.9 Å². The van der Waals surface area contributed by atoms with E-state index in [2.05, 4.69) is 4.98 Å². The first-order valence-electron chi connectivity index (χ1n) is 12.2. The highest BCUT2D eigenvalue weighted by Crippen LogP contribution is 2.59. The van der Waals surface area contributed by atoms with Gasteiger partial charge in [-0.2, -0.15) is 9.05 Å². The van der Waals surface area contributed by atoms with Gasteiger partial charge in [-0.05, 0) is 46.1 Å². The van der Waals surface area contributed by atoms with Crippen molar-refractivity contribution in [2.75, 3.05) is 13.2 Å². The van der Waals surface area contributed by atoms with E-state index in [0.29, 0.717) is 0 Å². The number of fused-ring (bicyclic) bond motifs is 1. The highest BCUT2D eigenvalue weighted by molar-refractivity contribution is 8.35. The largest absolute Gasteiger partial charge is 0.858 e. The van der Waals surface area contributed by atoms with Crippen LogP contribution in [0.3, 0.4) is 0 Å². The molecule has 5 heterocycles. The van der Waals surface area contributed by atoms with Crippen molar-refractivity contribution < 1.29 is 52.6 Å². The second-order valence-corrected chi connectivity index (χ2v) is 13.4. The van der Waals surface area contributed by atoms with Gasteiger partial charge in [0.25, 0.3) is 7.15 Å². The molecule has 0 radical (unpaired) electrons. The Hall–Kier alpha value is -0.940. The Labute approximate surface area is 224 Å². The molecule has 14 nitrogen and oxygen atoms in total. The Balaban J connectivity index is 1.24. The molecule has 1 aromatic rings. The van der Waals surface area contributed by atoms with Gasteiger partial charge in [0.2, 0.25) is 0 Å². The molecule has 0 aromatic carbocycles. The SMILES string of the molecule is Cc1cn([C@H]2C[C@H](O)[C@@H](CO[P+](O)([S-])O[C@@H]3[C@H]4OC(C)(C)O[C@H]4O[C@@H]3[C@H]3COC(C)(C)O3)O2)c(=O)nc1[O-]. The first-order valence-corrected chi connectivity index (χ1v) is 14.8. The van der Waals surface area contributed by atoms with Crippen LogP contribution in [0.15, 0.2) is 11.0 Å². The Morgan fingerprint density at radius 1 is 1.21 bits per heavy atom. The maximum absolute atomic E-state index is 12.2. The fraction of sp³-hybridized carbons (Fsp3) is 0.818. The lowest BCUT2D eigenvalue weighted by atomic mass is 10.1. The molecule has 4 aliphatic rings. The first-order chi connectivity index (χ1) is 17.6. The summed E-state index contributed by atoms with van der Waals surface area (Å²) >= 11 is 5.28. The third kappa shape index (κ3) is 5.90. The molecular weight excluding hydrogens is 547 g/mol. The Morgan fingerprint density at radius 2 is 1.95 bits per heavy atom. The van der Waals surface area contributed by atoms with Gasteiger partial charge in [0.15, 0.2) is 24.0 Å². The summed E-state index contributed by atoms with van der Waals surface area (Å²) in [7, 11) is -3.93. The number of ether oxygens (including phenoxy) is 6. The van der Waals surface area contributed by atoms with Crippen molar-refractivity contribution in [3.63, 3.8) is 0 Å². The smallest absolute Gasteiger partial charge is 0.349 e. The van der Waals surface area contributed by atoms with Crippen LogP contribution in [0.1, 0.15) is 45.9 Å². The number of aryl methyl sites for hydroxylation is 1. The molecule has 2 N–H and O–H groups in total. The lowest BCUT2D eigenvalue weighted by Crippen LogP contribution is -2.44. The van der Waals surface area contributed by atoms with Gasteiger partial charge in [-0.3, -0.25) is 4.57 Å². The number of hydrogen-bond donors (Lipinski definition) is 2. The molecule has 1 unspecified atom stereocenters. The van der Waals surface area contributed by atoms with Crippen LogP contribution in [0.5, 0.6) is 5.88 Å². The molecular formula is C22H32N2O12PS-. The Bertz CT molecular complexity index is 1100. The van der Waals surface area contributed by atoms with E-state index in [1.165, 1.54) is 13.1 Å². The summed E-state index contributed by atoms with van der Waals surface area (Å²) in [5.74, 6) is -2.40. The summed E-state index contributed by atoms with van der Waals surface area (Å²) in [5, 5.41) is 22.1. The predicted molar refractivity (Wildman–Crippen MR) is 128 cm³/mol. The monoisotopic (exact) mass is 579 g/mol. The van der Waals surface area contributed by atoms with E-state index >= 15 is 0 Å². The van der Waals surface area contributed by atoms with Gasteiger partial charge in [-0.15, -0.1) is 0 Å². The zero-order valence-electron chi connectivity index (χ0n) is 21.5. The van der Waals surface area contributed by atoms with Crippen LogP contribution in [0, 0.1) is 6.92 Å². The van der Waals surface area contributed by atoms with E-state index in [1.54, 1.807) is 27.7 Å². The van der Waals surface area contributed by atoms with E-state index in [0.717, 1.165) is 4.57 Å². The number of nitrogens with zero attached hydrogens (tertiary/aromatic N) is 2. The van der Waals surface area contributed by atoms with Gasteiger partial charge >= 0.3 is 5.69 Å². The summed E-state index contributed by atoms with van der Waals surface area (Å²) in [6, 6.07) is 0. The van der Waals surface area contributed by atoms with Crippen LogP contribution in [0.4, 0.5) is 0 Å². The molecule has 9 atom stereocenters. The molecule has 1 aromatic heterocycles. The zero-order valence-corrected chi connectivity index (χ0v) is 23.3. The first kappa shape index (κ1) is 28.6. The average molecular weight is 580 g/mol. The highest BCUT2D eigenvalue weighted by Gasteiger charge is 2.61. The molecule has 0 aliphatic carbocycles. The maximum atomic E-state index is 12.2. The summed E-state index contributed by atoms with van der Waals surface area (Å²) in [5.41, 5.74) is -0.533. The van der Waals surface area contributed by atoms with Crippen LogP contribution < -0.4 is 10.8 Å². The molecule has 5 rings (SSSR count). The highest BCUT2D eigenvalue weighted by atomic mass is 32.7. The minimum absolute atomic E-state index is 0.0414. The fourth-order valence-corrected chi connectivity index (χ4v) is 6.37. The van der Waals surface area contributed by atoms with Crippen molar-refractivity contribution in [3.05, 3.63) is 22.2 Å². The van der Waals surface area contributed by atoms with Gasteiger partial charge in [0.05, 0.1) is 12.7 Å². The van der Waals surface area contributed by atoms with Crippen LogP contribution in [0.2, 0.25) is 0 Å². The molecule has 0 spiro atoms. The van der Waals surface area contributed by atoms with Crippen LogP contribution >= 0.6 is 7.15 Å². The molecule has 214 valence electrons. The minimum atomic E-state index is -3.93. The third-order valence-corrected chi connectivity index (χ3v) is 8.24. The van der Waals surface area contributed by atoms with Crippen LogP contribution in [-0.4, -0.2) is 87.3 Å². The van der Waals surface area contributed by atoms with Crippen LogP contribution in [-0.2, 0) is 49.7 Å². The number of aliphatic hydroxyl groups is 1. The summed E-state index contributed by atoms with van der Waals surface area (Å²) in [6.07, 6.45) is -5.15. The number of rotatable bonds is 7. The third-order valence-electron chi connectivity index (χ3n) is 6.68. The normalized spacial score (nSPS) is 39.4. The molecule has 16 heteroatoms. The van der Waals surface area contributed by atoms with Gasteiger partial charge in [-0.25, -0.2) is 14.7 Å². The van der Waals surface area contributed by atoms with Crippen molar-refractivity contribution >= 4 is 19.4 Å². The second kappa shape index (κ2) is 10.2. The second-order valence-electron chi connectivity index (χ2n) is 10.6. The molecule has 0 amide bonds. The van der Waals surface area contributed by atoms with Crippen molar-refractivity contribution in [2.45, 2.75) is 102 Å². The maximum Gasteiger partial charge on any atom is 0.349 e. The molecule has 4 saturated heterocycles.